The minimum Gasteiger partial charge on any atom is -0.300 e. The first-order valence-corrected chi connectivity index (χ1v) is 7.23. The Morgan fingerprint density at radius 2 is 1.47 bits per heavy atom. The van der Waals surface area contributed by atoms with Gasteiger partial charge in [0.15, 0.2) is 0 Å². The standard InChI is InChI=1S/C13H24ClN/c14-11-12-7-9-15(10-8-12)13-5-3-1-2-4-6-13/h12-13H,1-11H2. The molecule has 1 aliphatic heterocycles. The summed E-state index contributed by atoms with van der Waals surface area (Å²) in [5, 5.41) is 0. The molecule has 0 N–H and O–H groups in total. The zero-order valence-corrected chi connectivity index (χ0v) is 10.5. The lowest BCUT2D eigenvalue weighted by atomic mass is 9.96. The number of piperidine rings is 1. The molecule has 0 spiro atoms. The molecule has 0 amide bonds. The molecule has 1 saturated carbocycles. The van der Waals surface area contributed by atoms with Gasteiger partial charge in [-0.05, 0) is 44.7 Å². The highest BCUT2D eigenvalue weighted by atomic mass is 35.5. The lowest BCUT2D eigenvalue weighted by Crippen LogP contribution is -2.41. The van der Waals surface area contributed by atoms with Crippen molar-refractivity contribution >= 4 is 11.6 Å². The second-order valence-electron chi connectivity index (χ2n) is 5.28. The molecule has 0 bridgehead atoms. The minimum atomic E-state index is 0.800. The van der Waals surface area contributed by atoms with Crippen molar-refractivity contribution in [3.8, 4) is 0 Å². The predicted molar refractivity (Wildman–Crippen MR) is 66.5 cm³/mol. The van der Waals surface area contributed by atoms with Crippen LogP contribution in [0.3, 0.4) is 0 Å². The summed E-state index contributed by atoms with van der Waals surface area (Å²) in [4.78, 5) is 2.74. The fourth-order valence-corrected chi connectivity index (χ4v) is 3.40. The summed E-state index contributed by atoms with van der Waals surface area (Å²) in [6.07, 6.45) is 11.4. The first kappa shape index (κ1) is 11.7. The van der Waals surface area contributed by atoms with Crippen LogP contribution in [0.4, 0.5) is 0 Å². The third-order valence-electron chi connectivity index (χ3n) is 4.21. The van der Waals surface area contributed by atoms with Gasteiger partial charge < -0.3 is 4.90 Å². The average molecular weight is 230 g/mol. The molecule has 2 heteroatoms. The maximum absolute atomic E-state index is 5.92. The van der Waals surface area contributed by atoms with Crippen LogP contribution in [0, 0.1) is 5.92 Å². The highest BCUT2D eigenvalue weighted by Crippen LogP contribution is 2.26. The monoisotopic (exact) mass is 229 g/mol. The van der Waals surface area contributed by atoms with Crippen molar-refractivity contribution in [1.82, 2.24) is 4.90 Å². The predicted octanol–water partition coefficient (Wildman–Crippen LogP) is 3.66. The Kier molecular flexibility index (Phi) is 4.77. The molecule has 1 nitrogen and oxygen atoms in total. The Morgan fingerprint density at radius 1 is 0.867 bits per heavy atom. The van der Waals surface area contributed by atoms with E-state index in [0.717, 1.165) is 17.8 Å². The maximum Gasteiger partial charge on any atom is 0.0252 e. The Labute approximate surface area is 99.2 Å². The van der Waals surface area contributed by atoms with Crippen LogP contribution in [0.2, 0.25) is 0 Å². The molecule has 1 saturated heterocycles. The van der Waals surface area contributed by atoms with Crippen LogP contribution in [-0.2, 0) is 0 Å². The zero-order chi connectivity index (χ0) is 10.5. The van der Waals surface area contributed by atoms with Gasteiger partial charge in [-0.3, -0.25) is 0 Å². The van der Waals surface area contributed by atoms with Crippen LogP contribution >= 0.6 is 11.6 Å². The number of halogens is 1. The van der Waals surface area contributed by atoms with E-state index in [1.54, 1.807) is 0 Å². The summed E-state index contributed by atoms with van der Waals surface area (Å²) >= 11 is 5.92. The van der Waals surface area contributed by atoms with Gasteiger partial charge in [0.05, 0.1) is 0 Å². The molecule has 15 heavy (non-hydrogen) atoms. The van der Waals surface area contributed by atoms with Crippen LogP contribution in [0.15, 0.2) is 0 Å². The zero-order valence-electron chi connectivity index (χ0n) is 9.76. The van der Waals surface area contributed by atoms with E-state index >= 15 is 0 Å². The fraction of sp³-hybridized carbons (Fsp3) is 1.00. The van der Waals surface area contributed by atoms with Gasteiger partial charge in [-0.15, -0.1) is 11.6 Å². The second-order valence-corrected chi connectivity index (χ2v) is 5.59. The Bertz CT molecular complexity index is 167. The van der Waals surface area contributed by atoms with Crippen LogP contribution in [-0.4, -0.2) is 29.9 Å². The summed E-state index contributed by atoms with van der Waals surface area (Å²) in [6, 6.07) is 0.906. The van der Waals surface area contributed by atoms with Crippen molar-refractivity contribution in [3.63, 3.8) is 0 Å². The molecule has 1 heterocycles. The molecule has 0 aromatic carbocycles. The SMILES string of the molecule is ClCC1CCN(C2CCCCCC2)CC1. The van der Waals surface area contributed by atoms with Crippen LogP contribution in [0.25, 0.3) is 0 Å². The minimum absolute atomic E-state index is 0.800. The highest BCUT2D eigenvalue weighted by molar-refractivity contribution is 6.18. The number of nitrogens with zero attached hydrogens (tertiary/aromatic N) is 1. The topological polar surface area (TPSA) is 3.24 Å². The molecule has 0 aromatic heterocycles. The maximum atomic E-state index is 5.92. The van der Waals surface area contributed by atoms with Gasteiger partial charge in [0, 0.05) is 11.9 Å². The molecule has 0 atom stereocenters. The molecule has 1 aliphatic carbocycles. The molecule has 2 rings (SSSR count). The van der Waals surface area contributed by atoms with E-state index in [-0.39, 0.29) is 0 Å². The average Bonchev–Trinajstić information content (AvgIpc) is 2.58. The lowest BCUT2D eigenvalue weighted by Gasteiger charge is -2.36. The quantitative estimate of drug-likeness (QED) is 0.516. The number of hydrogen-bond acceptors (Lipinski definition) is 1. The molecule has 0 radical (unpaired) electrons. The molecule has 0 aromatic rings. The van der Waals surface area contributed by atoms with E-state index in [4.69, 9.17) is 11.6 Å². The normalized spacial score (nSPS) is 27.8. The highest BCUT2D eigenvalue weighted by Gasteiger charge is 2.24. The van der Waals surface area contributed by atoms with Crippen molar-refractivity contribution in [2.24, 2.45) is 5.92 Å². The largest absolute Gasteiger partial charge is 0.300 e. The molecular weight excluding hydrogens is 206 g/mol. The molecule has 2 fully saturated rings. The summed E-state index contributed by atoms with van der Waals surface area (Å²) in [5.41, 5.74) is 0. The number of likely N-dealkylation sites (tertiary alicyclic amines) is 1. The lowest BCUT2D eigenvalue weighted by molar-refractivity contribution is 0.127. The van der Waals surface area contributed by atoms with Crippen LogP contribution in [0.1, 0.15) is 51.4 Å². The van der Waals surface area contributed by atoms with E-state index in [1.807, 2.05) is 0 Å². The van der Waals surface area contributed by atoms with Gasteiger partial charge in [0.1, 0.15) is 0 Å². The van der Waals surface area contributed by atoms with Crippen molar-refractivity contribution in [2.75, 3.05) is 19.0 Å². The summed E-state index contributed by atoms with van der Waals surface area (Å²) in [5.74, 6) is 1.67. The number of rotatable bonds is 2. The van der Waals surface area contributed by atoms with E-state index in [0.29, 0.717) is 0 Å². The Morgan fingerprint density at radius 3 is 2.00 bits per heavy atom. The summed E-state index contributed by atoms with van der Waals surface area (Å²) < 4.78 is 0. The van der Waals surface area contributed by atoms with E-state index in [2.05, 4.69) is 4.90 Å². The van der Waals surface area contributed by atoms with Gasteiger partial charge in [0.25, 0.3) is 0 Å². The molecule has 0 unspecified atom stereocenters. The summed E-state index contributed by atoms with van der Waals surface area (Å²) in [7, 11) is 0. The van der Waals surface area contributed by atoms with Crippen molar-refractivity contribution in [1.29, 1.82) is 0 Å². The Hall–Kier alpha value is 0.250. The molecule has 88 valence electrons. The van der Waals surface area contributed by atoms with Gasteiger partial charge in [0.2, 0.25) is 0 Å². The van der Waals surface area contributed by atoms with E-state index < -0.39 is 0 Å². The van der Waals surface area contributed by atoms with E-state index in [1.165, 1.54) is 64.5 Å². The van der Waals surface area contributed by atoms with Crippen LogP contribution < -0.4 is 0 Å². The first-order chi connectivity index (χ1) is 7.40. The molecular formula is C13H24ClN. The fourth-order valence-electron chi connectivity index (χ4n) is 3.10. The summed E-state index contributed by atoms with van der Waals surface area (Å²) in [6.45, 7) is 2.62. The third-order valence-corrected chi connectivity index (χ3v) is 4.64. The van der Waals surface area contributed by atoms with Gasteiger partial charge >= 0.3 is 0 Å². The van der Waals surface area contributed by atoms with Crippen LogP contribution in [0.5, 0.6) is 0 Å². The smallest absolute Gasteiger partial charge is 0.0252 e. The molecule has 2 aliphatic rings. The van der Waals surface area contributed by atoms with Gasteiger partial charge in [-0.1, -0.05) is 25.7 Å². The van der Waals surface area contributed by atoms with Crippen molar-refractivity contribution < 1.29 is 0 Å². The van der Waals surface area contributed by atoms with Crippen molar-refractivity contribution in [3.05, 3.63) is 0 Å². The number of hydrogen-bond donors (Lipinski definition) is 0. The van der Waals surface area contributed by atoms with Gasteiger partial charge in [-0.25, -0.2) is 0 Å². The third kappa shape index (κ3) is 3.35. The van der Waals surface area contributed by atoms with Gasteiger partial charge in [-0.2, -0.15) is 0 Å². The van der Waals surface area contributed by atoms with Crippen molar-refractivity contribution in [2.45, 2.75) is 57.4 Å². The Balaban J connectivity index is 1.78. The number of alkyl halides is 1. The second kappa shape index (κ2) is 6.10. The first-order valence-electron chi connectivity index (χ1n) is 6.70. The van der Waals surface area contributed by atoms with E-state index in [9.17, 15) is 0 Å².